The second-order valence-electron chi connectivity index (χ2n) is 8.50. The SMILES string of the molecule is CCCCCCOC(=O)N=C(N)c1ccc2cc(C(=O)O)n(Cc3cccc4ccccc34)c2c1. The van der Waals surface area contributed by atoms with E-state index in [2.05, 4.69) is 11.9 Å². The average Bonchev–Trinajstić information content (AvgIpc) is 3.22. The maximum absolute atomic E-state index is 12.1. The Kier molecular flexibility index (Phi) is 7.45. The molecule has 0 aliphatic heterocycles. The van der Waals surface area contributed by atoms with E-state index in [-0.39, 0.29) is 11.5 Å². The average molecular weight is 472 g/mol. The fourth-order valence-electron chi connectivity index (χ4n) is 4.25. The number of carbonyl (C=O) groups excluding carboxylic acids is 1. The van der Waals surface area contributed by atoms with Crippen molar-refractivity contribution >= 4 is 39.6 Å². The summed E-state index contributed by atoms with van der Waals surface area (Å²) >= 11 is 0. The van der Waals surface area contributed by atoms with E-state index in [1.807, 2.05) is 42.5 Å². The van der Waals surface area contributed by atoms with Crippen molar-refractivity contribution < 1.29 is 19.4 Å². The molecule has 3 aromatic carbocycles. The molecule has 180 valence electrons. The second kappa shape index (κ2) is 10.9. The summed E-state index contributed by atoms with van der Waals surface area (Å²) in [5.74, 6) is -0.989. The molecule has 0 fully saturated rings. The molecule has 0 unspecified atom stereocenters. The molecule has 0 spiro atoms. The molecule has 1 aromatic heterocycles. The van der Waals surface area contributed by atoms with E-state index in [1.165, 1.54) is 0 Å². The second-order valence-corrected chi connectivity index (χ2v) is 8.50. The molecule has 7 nitrogen and oxygen atoms in total. The smallest absolute Gasteiger partial charge is 0.435 e. The Balaban J connectivity index is 1.65. The van der Waals surface area contributed by atoms with Crippen molar-refractivity contribution in [3.63, 3.8) is 0 Å². The van der Waals surface area contributed by atoms with Crippen molar-refractivity contribution in [2.45, 2.75) is 39.2 Å². The van der Waals surface area contributed by atoms with Crippen LogP contribution in [0.2, 0.25) is 0 Å². The van der Waals surface area contributed by atoms with Crippen LogP contribution >= 0.6 is 0 Å². The molecule has 1 heterocycles. The van der Waals surface area contributed by atoms with Crippen LogP contribution in [-0.4, -0.2) is 34.2 Å². The van der Waals surface area contributed by atoms with Crippen molar-refractivity contribution in [1.82, 2.24) is 4.57 Å². The van der Waals surface area contributed by atoms with Gasteiger partial charge in [0.15, 0.2) is 0 Å². The van der Waals surface area contributed by atoms with Gasteiger partial charge < -0.3 is 20.1 Å². The van der Waals surface area contributed by atoms with Crippen molar-refractivity contribution in [2.75, 3.05) is 6.61 Å². The van der Waals surface area contributed by atoms with Crippen LogP contribution in [0.4, 0.5) is 4.79 Å². The minimum atomic E-state index is -1.02. The van der Waals surface area contributed by atoms with Crippen molar-refractivity contribution in [1.29, 1.82) is 0 Å². The number of unbranched alkanes of at least 4 members (excludes halogenated alkanes) is 3. The van der Waals surface area contributed by atoms with Crippen molar-refractivity contribution in [2.24, 2.45) is 10.7 Å². The van der Waals surface area contributed by atoms with Crippen LogP contribution in [0.5, 0.6) is 0 Å². The number of rotatable bonds is 9. The van der Waals surface area contributed by atoms with Crippen LogP contribution in [0.1, 0.15) is 54.2 Å². The number of nitrogens with two attached hydrogens (primary N) is 1. The van der Waals surface area contributed by atoms with Crippen LogP contribution in [0.15, 0.2) is 71.7 Å². The van der Waals surface area contributed by atoms with E-state index in [4.69, 9.17) is 10.5 Å². The summed E-state index contributed by atoms with van der Waals surface area (Å²) in [6, 6.07) is 20.9. The number of ether oxygens (including phenoxy) is 1. The number of aromatic carboxylic acids is 1. The molecular weight excluding hydrogens is 442 g/mol. The highest BCUT2D eigenvalue weighted by atomic mass is 16.5. The molecule has 1 amide bonds. The molecule has 0 aliphatic rings. The number of carbonyl (C=O) groups is 2. The Bertz CT molecular complexity index is 1400. The van der Waals surface area contributed by atoms with Crippen molar-refractivity contribution in [3.8, 4) is 0 Å². The van der Waals surface area contributed by atoms with Gasteiger partial charge in [0.25, 0.3) is 0 Å². The number of amidine groups is 1. The van der Waals surface area contributed by atoms with E-state index in [1.54, 1.807) is 28.8 Å². The first-order valence-electron chi connectivity index (χ1n) is 11.8. The van der Waals surface area contributed by atoms with Gasteiger partial charge in [-0.2, -0.15) is 4.99 Å². The Hall–Kier alpha value is -4.13. The molecule has 7 heteroatoms. The summed E-state index contributed by atoms with van der Waals surface area (Å²) < 4.78 is 6.91. The number of amides is 1. The number of aliphatic imine (C=N–C) groups is 1. The molecular formula is C28H29N3O4. The molecule has 4 aromatic rings. The standard InChI is InChI=1S/C28H29N3O4/c1-2-3-4-7-15-35-28(34)30-26(29)21-14-13-20-16-25(27(32)33)31(24(20)17-21)18-22-11-8-10-19-9-5-6-12-23(19)22/h5-6,8-14,16-17H,2-4,7,15,18H2,1H3,(H,32,33)(H2,29,30,34). The van der Waals surface area contributed by atoms with Crippen LogP contribution in [0.3, 0.4) is 0 Å². The fourth-order valence-corrected chi connectivity index (χ4v) is 4.25. The maximum atomic E-state index is 12.1. The monoisotopic (exact) mass is 471 g/mol. The number of hydrogen-bond donors (Lipinski definition) is 2. The molecule has 0 radical (unpaired) electrons. The van der Waals surface area contributed by atoms with Gasteiger partial charge in [0.05, 0.1) is 6.61 Å². The first kappa shape index (κ1) is 24.0. The highest BCUT2D eigenvalue weighted by molar-refractivity contribution is 6.05. The first-order chi connectivity index (χ1) is 17.0. The van der Waals surface area contributed by atoms with E-state index < -0.39 is 12.1 Å². The van der Waals surface area contributed by atoms with Gasteiger partial charge in [-0.05, 0) is 34.9 Å². The van der Waals surface area contributed by atoms with E-state index >= 15 is 0 Å². The van der Waals surface area contributed by atoms with Crippen LogP contribution in [0, 0.1) is 0 Å². The lowest BCUT2D eigenvalue weighted by Gasteiger charge is -2.12. The summed E-state index contributed by atoms with van der Waals surface area (Å²) in [4.78, 5) is 28.0. The number of fused-ring (bicyclic) bond motifs is 2. The number of carboxylic acid groups (broad SMARTS) is 1. The molecule has 0 bridgehead atoms. The Morgan fingerprint density at radius 1 is 0.971 bits per heavy atom. The summed E-state index contributed by atoms with van der Waals surface area (Å²) in [6.45, 7) is 2.79. The van der Waals surface area contributed by atoms with Gasteiger partial charge >= 0.3 is 12.1 Å². The van der Waals surface area contributed by atoms with E-state index in [0.29, 0.717) is 24.2 Å². The quantitative estimate of drug-likeness (QED) is 0.178. The van der Waals surface area contributed by atoms with Gasteiger partial charge in [-0.15, -0.1) is 0 Å². The molecule has 0 aliphatic carbocycles. The van der Waals surface area contributed by atoms with Gasteiger partial charge in [-0.3, -0.25) is 0 Å². The van der Waals surface area contributed by atoms with Gasteiger partial charge in [-0.25, -0.2) is 9.59 Å². The highest BCUT2D eigenvalue weighted by Crippen LogP contribution is 2.26. The van der Waals surface area contributed by atoms with E-state index in [9.17, 15) is 14.7 Å². The minimum absolute atomic E-state index is 0.0280. The summed E-state index contributed by atoms with van der Waals surface area (Å²) in [6.07, 6.45) is 3.27. The predicted molar refractivity (Wildman–Crippen MR) is 138 cm³/mol. The highest BCUT2D eigenvalue weighted by Gasteiger charge is 2.17. The Labute approximate surface area is 203 Å². The third-order valence-electron chi connectivity index (χ3n) is 6.06. The lowest BCUT2D eigenvalue weighted by Crippen LogP contribution is -2.17. The van der Waals surface area contributed by atoms with Gasteiger partial charge in [0, 0.05) is 23.0 Å². The molecule has 0 saturated heterocycles. The first-order valence-corrected chi connectivity index (χ1v) is 11.8. The Morgan fingerprint density at radius 3 is 2.57 bits per heavy atom. The number of carboxylic acids is 1. The summed E-state index contributed by atoms with van der Waals surface area (Å²) in [5, 5.41) is 12.8. The van der Waals surface area contributed by atoms with Crippen LogP contribution in [-0.2, 0) is 11.3 Å². The normalized spacial score (nSPS) is 11.7. The molecule has 0 saturated carbocycles. The third-order valence-corrected chi connectivity index (χ3v) is 6.06. The van der Waals surface area contributed by atoms with Gasteiger partial charge in [-0.1, -0.05) is 80.8 Å². The molecule has 3 N–H and O–H groups in total. The lowest BCUT2D eigenvalue weighted by atomic mass is 10.0. The van der Waals surface area contributed by atoms with Gasteiger partial charge in [0.2, 0.25) is 0 Å². The zero-order chi connectivity index (χ0) is 24.8. The molecule has 0 atom stereocenters. The zero-order valence-corrected chi connectivity index (χ0v) is 19.7. The van der Waals surface area contributed by atoms with Crippen molar-refractivity contribution in [3.05, 3.63) is 83.6 Å². The lowest BCUT2D eigenvalue weighted by molar-refractivity contribution is 0.0686. The number of benzene rings is 3. The predicted octanol–water partition coefficient (Wildman–Crippen LogP) is 5.96. The third kappa shape index (κ3) is 5.51. The zero-order valence-electron chi connectivity index (χ0n) is 19.7. The topological polar surface area (TPSA) is 107 Å². The summed E-state index contributed by atoms with van der Waals surface area (Å²) in [7, 11) is 0. The van der Waals surface area contributed by atoms with E-state index in [0.717, 1.165) is 47.4 Å². The number of hydrogen-bond acceptors (Lipinski definition) is 3. The minimum Gasteiger partial charge on any atom is -0.477 e. The fraction of sp³-hybridized carbons (Fsp3) is 0.250. The number of nitrogens with zero attached hydrogens (tertiary/aromatic N) is 2. The van der Waals surface area contributed by atoms with Crippen LogP contribution < -0.4 is 5.73 Å². The molecule has 35 heavy (non-hydrogen) atoms. The summed E-state index contributed by atoms with van der Waals surface area (Å²) in [5.41, 5.74) is 8.50. The molecule has 4 rings (SSSR count). The van der Waals surface area contributed by atoms with Gasteiger partial charge in [0.1, 0.15) is 11.5 Å². The maximum Gasteiger partial charge on any atom is 0.435 e. The largest absolute Gasteiger partial charge is 0.477 e. The Morgan fingerprint density at radius 2 is 1.77 bits per heavy atom. The number of aromatic nitrogens is 1. The van der Waals surface area contributed by atoms with Crippen LogP contribution in [0.25, 0.3) is 21.7 Å².